The highest BCUT2D eigenvalue weighted by atomic mass is 32.1. The molecule has 0 aliphatic heterocycles. The number of hydrogen-bond acceptors (Lipinski definition) is 5. The molecule has 0 bridgehead atoms. The van der Waals surface area contributed by atoms with Crippen LogP contribution in [0, 0.1) is 13.8 Å². The van der Waals surface area contributed by atoms with Crippen molar-refractivity contribution in [2.45, 2.75) is 44.3 Å². The lowest BCUT2D eigenvalue weighted by molar-refractivity contribution is -0.124. The molecule has 1 heterocycles. The highest BCUT2D eigenvalue weighted by Gasteiger charge is 2.23. The van der Waals surface area contributed by atoms with Crippen LogP contribution in [0.1, 0.15) is 44.3 Å². The van der Waals surface area contributed by atoms with Gasteiger partial charge < -0.3 is 10.6 Å². The molecule has 0 saturated carbocycles. The minimum absolute atomic E-state index is 0.146. The molecule has 0 spiro atoms. The monoisotopic (exact) mass is 499 g/mol. The average Bonchev–Trinajstić information content (AvgIpc) is 3.36. The van der Waals surface area contributed by atoms with Gasteiger partial charge in [0.15, 0.2) is 0 Å². The number of benzene rings is 3. The van der Waals surface area contributed by atoms with Gasteiger partial charge in [-0.3, -0.25) is 9.59 Å². The lowest BCUT2D eigenvalue weighted by Gasteiger charge is -2.18. The summed E-state index contributed by atoms with van der Waals surface area (Å²) < 4.78 is 1.57. The summed E-state index contributed by atoms with van der Waals surface area (Å²) in [4.78, 5) is 26.6. The first-order valence-corrected chi connectivity index (χ1v) is 12.2. The van der Waals surface area contributed by atoms with E-state index in [4.69, 9.17) is 0 Å². The van der Waals surface area contributed by atoms with Crippen molar-refractivity contribution in [2.24, 2.45) is 0 Å². The highest BCUT2D eigenvalue weighted by Crippen LogP contribution is 2.16. The van der Waals surface area contributed by atoms with Gasteiger partial charge in [-0.05, 0) is 54.8 Å². The molecule has 36 heavy (non-hydrogen) atoms. The van der Waals surface area contributed by atoms with Crippen LogP contribution < -0.4 is 10.6 Å². The third-order valence-electron chi connectivity index (χ3n) is 5.97. The van der Waals surface area contributed by atoms with Gasteiger partial charge in [-0.15, -0.1) is 17.7 Å². The summed E-state index contributed by atoms with van der Waals surface area (Å²) in [6.07, 6.45) is 2.17. The minimum Gasteiger partial charge on any atom is -0.350 e. The lowest BCUT2D eigenvalue weighted by Crippen LogP contribution is -2.34. The van der Waals surface area contributed by atoms with Gasteiger partial charge in [-0.1, -0.05) is 59.3 Å². The molecule has 2 amide bonds. The lowest BCUT2D eigenvalue weighted by atomic mass is 10.0. The number of thiol groups is 1. The zero-order valence-electron chi connectivity index (χ0n) is 20.3. The number of carbonyl (C=O) groups excluding carboxylic acids is 2. The Bertz CT molecular complexity index is 1340. The molecule has 0 fully saturated rings. The van der Waals surface area contributed by atoms with E-state index in [9.17, 15) is 9.59 Å². The molecule has 0 aliphatic carbocycles. The summed E-state index contributed by atoms with van der Waals surface area (Å²) >= 11 is 4.24. The third-order valence-corrected chi connectivity index (χ3v) is 6.27. The largest absolute Gasteiger partial charge is 0.350 e. The molecule has 8 heteroatoms. The number of aromatic nitrogens is 3. The van der Waals surface area contributed by atoms with Crippen LogP contribution in [0.3, 0.4) is 0 Å². The molecule has 0 aliphatic rings. The minimum atomic E-state index is -0.586. The molecule has 4 aromatic rings. The van der Waals surface area contributed by atoms with Crippen LogP contribution in [0.15, 0.2) is 83.9 Å². The quantitative estimate of drug-likeness (QED) is 0.301. The van der Waals surface area contributed by atoms with Gasteiger partial charge in [0, 0.05) is 23.4 Å². The molecule has 7 nitrogen and oxygen atoms in total. The number of rotatable bonds is 9. The molecule has 184 valence electrons. The van der Waals surface area contributed by atoms with E-state index in [0.29, 0.717) is 24.2 Å². The van der Waals surface area contributed by atoms with E-state index >= 15 is 0 Å². The summed E-state index contributed by atoms with van der Waals surface area (Å²) in [7, 11) is 0. The maximum atomic E-state index is 13.3. The molecule has 0 saturated heterocycles. The number of amides is 2. The topological polar surface area (TPSA) is 88.9 Å². The van der Waals surface area contributed by atoms with Crippen LogP contribution in [0.4, 0.5) is 0 Å². The van der Waals surface area contributed by atoms with Crippen LogP contribution in [-0.4, -0.2) is 26.8 Å². The van der Waals surface area contributed by atoms with E-state index in [2.05, 4.69) is 51.8 Å². The molecule has 2 N–H and O–H groups in total. The van der Waals surface area contributed by atoms with Crippen molar-refractivity contribution in [3.63, 3.8) is 0 Å². The van der Waals surface area contributed by atoms with Gasteiger partial charge in [-0.2, -0.15) is 0 Å². The van der Waals surface area contributed by atoms with E-state index in [0.717, 1.165) is 27.1 Å². The second kappa shape index (κ2) is 11.7. The Balaban J connectivity index is 1.46. The molecule has 0 radical (unpaired) electrons. The van der Waals surface area contributed by atoms with Crippen LogP contribution in [0.25, 0.3) is 0 Å². The predicted molar refractivity (Wildman–Crippen MR) is 142 cm³/mol. The number of nitrogens with one attached hydrogen (secondary N) is 2. The van der Waals surface area contributed by atoms with Gasteiger partial charge in [-0.25, -0.2) is 4.68 Å². The molecule has 1 atom stereocenters. The fraction of sp³-hybridized carbons (Fsp3) is 0.214. The van der Waals surface area contributed by atoms with Crippen molar-refractivity contribution in [1.82, 2.24) is 25.6 Å². The van der Waals surface area contributed by atoms with Crippen molar-refractivity contribution in [2.75, 3.05) is 0 Å². The van der Waals surface area contributed by atoms with Crippen LogP contribution >= 0.6 is 12.6 Å². The van der Waals surface area contributed by atoms with Crippen molar-refractivity contribution in [3.05, 3.63) is 113 Å². The Morgan fingerprint density at radius 2 is 1.69 bits per heavy atom. The Morgan fingerprint density at radius 3 is 2.44 bits per heavy atom. The zero-order chi connectivity index (χ0) is 25.5. The van der Waals surface area contributed by atoms with Gasteiger partial charge in [0.25, 0.3) is 5.91 Å². The highest BCUT2D eigenvalue weighted by molar-refractivity contribution is 7.80. The second-order valence-corrected chi connectivity index (χ2v) is 9.29. The van der Waals surface area contributed by atoms with Gasteiger partial charge in [0.05, 0.1) is 12.7 Å². The van der Waals surface area contributed by atoms with E-state index < -0.39 is 6.04 Å². The normalized spacial score (nSPS) is 11.6. The number of hydrogen-bond donors (Lipinski definition) is 3. The first-order chi connectivity index (χ1) is 17.4. The summed E-state index contributed by atoms with van der Waals surface area (Å²) in [5.74, 6) is -0.364. The predicted octanol–water partition coefficient (Wildman–Crippen LogP) is 4.21. The first-order valence-electron chi connectivity index (χ1n) is 11.7. The SMILES string of the molecule is Cc1ccc(C)c(CNC(=O)[C@H](Cc2ccccc2)n2cc(CNC(=O)c3ccc(S)cc3)nn2)c1. The van der Waals surface area contributed by atoms with Gasteiger partial charge in [0.1, 0.15) is 11.7 Å². The van der Waals surface area contributed by atoms with Crippen molar-refractivity contribution >= 4 is 24.4 Å². The third kappa shape index (κ3) is 6.60. The number of nitrogens with zero attached hydrogens (tertiary/aromatic N) is 3. The van der Waals surface area contributed by atoms with E-state index in [1.54, 1.807) is 35.1 Å². The number of aryl methyl sites for hydroxylation is 2. The van der Waals surface area contributed by atoms with Crippen molar-refractivity contribution < 1.29 is 9.59 Å². The van der Waals surface area contributed by atoms with Crippen LogP contribution in [0.2, 0.25) is 0 Å². The Labute approximate surface area is 216 Å². The van der Waals surface area contributed by atoms with Crippen LogP contribution in [0.5, 0.6) is 0 Å². The summed E-state index contributed by atoms with van der Waals surface area (Å²) in [6, 6.07) is 22.4. The van der Waals surface area contributed by atoms with Gasteiger partial charge >= 0.3 is 0 Å². The molecule has 0 unspecified atom stereocenters. The first kappa shape index (κ1) is 25.2. The molecule has 1 aromatic heterocycles. The summed E-state index contributed by atoms with van der Waals surface area (Å²) in [5.41, 5.74) is 5.47. The van der Waals surface area contributed by atoms with Gasteiger partial charge in [0.2, 0.25) is 5.91 Å². The van der Waals surface area contributed by atoms with E-state index in [1.165, 1.54) is 0 Å². The summed E-state index contributed by atoms with van der Waals surface area (Å²) in [6.45, 7) is 4.70. The Morgan fingerprint density at radius 1 is 0.944 bits per heavy atom. The second-order valence-electron chi connectivity index (χ2n) is 8.77. The maximum Gasteiger partial charge on any atom is 0.251 e. The van der Waals surface area contributed by atoms with Crippen LogP contribution in [-0.2, 0) is 24.3 Å². The molecular formula is C28H29N5O2S. The smallest absolute Gasteiger partial charge is 0.251 e. The van der Waals surface area contributed by atoms with E-state index in [-0.39, 0.29) is 18.4 Å². The summed E-state index contributed by atoms with van der Waals surface area (Å²) in [5, 5.41) is 14.3. The Kier molecular flexibility index (Phi) is 8.17. The number of carbonyl (C=O) groups is 2. The fourth-order valence-corrected chi connectivity index (χ4v) is 4.02. The standard InChI is InChI=1S/C28H29N5O2S/c1-19-8-9-20(2)23(14-19)16-29-28(35)26(15-21-6-4-3-5-7-21)33-18-24(31-32-33)17-30-27(34)22-10-12-25(36)13-11-22/h3-14,18,26,36H,15-17H2,1-2H3,(H,29,35)(H,30,34)/t26-/m0/s1. The maximum absolute atomic E-state index is 13.3. The fourth-order valence-electron chi connectivity index (χ4n) is 3.87. The molecular weight excluding hydrogens is 470 g/mol. The van der Waals surface area contributed by atoms with E-state index in [1.807, 2.05) is 44.2 Å². The Hall–Kier alpha value is -3.91. The van der Waals surface area contributed by atoms with Crippen molar-refractivity contribution in [3.8, 4) is 0 Å². The van der Waals surface area contributed by atoms with Crippen molar-refractivity contribution in [1.29, 1.82) is 0 Å². The molecule has 4 rings (SSSR count). The zero-order valence-corrected chi connectivity index (χ0v) is 21.2. The average molecular weight is 500 g/mol. The molecule has 3 aromatic carbocycles.